The number of nitrogens with one attached hydrogen (secondary N) is 1. The SMILES string of the molecule is CCOC(=O)CC1CC(C)Nc2c(F)cccc21. The second-order valence-electron chi connectivity index (χ2n) is 4.69. The van der Waals surface area contributed by atoms with Crippen LogP contribution in [0.15, 0.2) is 18.2 Å². The molecule has 0 bridgehead atoms. The van der Waals surface area contributed by atoms with Gasteiger partial charge in [0.25, 0.3) is 0 Å². The molecular formula is C14H18FNO2. The number of halogens is 1. The average Bonchev–Trinajstić information content (AvgIpc) is 2.31. The van der Waals surface area contributed by atoms with E-state index >= 15 is 0 Å². The number of rotatable bonds is 3. The van der Waals surface area contributed by atoms with Gasteiger partial charge < -0.3 is 10.1 Å². The Balaban J connectivity index is 2.23. The van der Waals surface area contributed by atoms with Crippen LogP contribution in [0, 0.1) is 5.82 Å². The number of carbonyl (C=O) groups is 1. The highest BCUT2D eigenvalue weighted by molar-refractivity contribution is 5.72. The van der Waals surface area contributed by atoms with Crippen molar-refractivity contribution in [3.63, 3.8) is 0 Å². The van der Waals surface area contributed by atoms with Gasteiger partial charge >= 0.3 is 5.97 Å². The summed E-state index contributed by atoms with van der Waals surface area (Å²) < 4.78 is 18.7. The van der Waals surface area contributed by atoms with Gasteiger partial charge in [-0.25, -0.2) is 4.39 Å². The maximum atomic E-state index is 13.7. The maximum Gasteiger partial charge on any atom is 0.306 e. The Bertz CT molecular complexity index is 447. The maximum absolute atomic E-state index is 13.7. The lowest BCUT2D eigenvalue weighted by Gasteiger charge is -2.31. The minimum Gasteiger partial charge on any atom is -0.466 e. The van der Waals surface area contributed by atoms with Crippen LogP contribution in [0.25, 0.3) is 0 Å². The van der Waals surface area contributed by atoms with Crippen molar-refractivity contribution in [1.29, 1.82) is 0 Å². The molecule has 2 unspecified atom stereocenters. The van der Waals surface area contributed by atoms with Crippen LogP contribution in [0.4, 0.5) is 10.1 Å². The second kappa shape index (κ2) is 5.38. The standard InChI is InChI=1S/C14H18FNO2/c1-3-18-13(17)8-10-7-9(2)16-14-11(10)5-4-6-12(14)15/h4-6,9-10,16H,3,7-8H2,1-2H3. The van der Waals surface area contributed by atoms with E-state index < -0.39 is 0 Å². The number of ether oxygens (including phenoxy) is 1. The van der Waals surface area contributed by atoms with Gasteiger partial charge in [-0.05, 0) is 37.8 Å². The summed E-state index contributed by atoms with van der Waals surface area (Å²) in [6, 6.07) is 5.16. The van der Waals surface area contributed by atoms with Crippen LogP contribution >= 0.6 is 0 Å². The molecule has 0 fully saturated rings. The summed E-state index contributed by atoms with van der Waals surface area (Å²) in [7, 11) is 0. The minimum absolute atomic E-state index is 0.0333. The van der Waals surface area contributed by atoms with E-state index in [1.807, 2.05) is 13.0 Å². The molecule has 1 aliphatic heterocycles. The van der Waals surface area contributed by atoms with Crippen molar-refractivity contribution in [3.8, 4) is 0 Å². The fraction of sp³-hybridized carbons (Fsp3) is 0.500. The van der Waals surface area contributed by atoms with E-state index in [4.69, 9.17) is 4.74 Å². The topological polar surface area (TPSA) is 38.3 Å². The minimum atomic E-state index is -0.257. The number of benzene rings is 1. The van der Waals surface area contributed by atoms with Crippen molar-refractivity contribution in [3.05, 3.63) is 29.6 Å². The van der Waals surface area contributed by atoms with Crippen LogP contribution in [0.3, 0.4) is 0 Å². The molecular weight excluding hydrogens is 233 g/mol. The molecule has 0 amide bonds. The monoisotopic (exact) mass is 251 g/mol. The molecule has 0 radical (unpaired) electrons. The molecule has 1 aliphatic rings. The third kappa shape index (κ3) is 2.63. The van der Waals surface area contributed by atoms with Crippen molar-refractivity contribution >= 4 is 11.7 Å². The molecule has 1 heterocycles. The van der Waals surface area contributed by atoms with Crippen LogP contribution in [0.5, 0.6) is 0 Å². The normalized spacial score (nSPS) is 21.9. The first-order valence-electron chi connectivity index (χ1n) is 6.32. The number of para-hydroxylation sites is 1. The van der Waals surface area contributed by atoms with Crippen LogP contribution in [0.1, 0.15) is 38.2 Å². The molecule has 1 aromatic carbocycles. The first-order chi connectivity index (χ1) is 8.61. The summed E-state index contributed by atoms with van der Waals surface area (Å²) in [5.41, 5.74) is 1.41. The Morgan fingerprint density at radius 3 is 3.06 bits per heavy atom. The van der Waals surface area contributed by atoms with Crippen LogP contribution in [0.2, 0.25) is 0 Å². The van der Waals surface area contributed by atoms with Crippen LogP contribution in [-0.4, -0.2) is 18.6 Å². The van der Waals surface area contributed by atoms with E-state index in [0.29, 0.717) is 18.7 Å². The summed E-state index contributed by atoms with van der Waals surface area (Å²) >= 11 is 0. The first kappa shape index (κ1) is 12.9. The largest absolute Gasteiger partial charge is 0.466 e. The van der Waals surface area contributed by atoms with E-state index in [2.05, 4.69) is 5.32 Å². The van der Waals surface area contributed by atoms with Crippen LogP contribution < -0.4 is 5.32 Å². The van der Waals surface area contributed by atoms with Crippen molar-refractivity contribution in [2.45, 2.75) is 38.6 Å². The van der Waals surface area contributed by atoms with Gasteiger partial charge in [0.2, 0.25) is 0 Å². The van der Waals surface area contributed by atoms with Crippen molar-refractivity contribution < 1.29 is 13.9 Å². The smallest absolute Gasteiger partial charge is 0.306 e. The third-order valence-electron chi connectivity index (χ3n) is 3.23. The van der Waals surface area contributed by atoms with Gasteiger partial charge in [0.15, 0.2) is 0 Å². The van der Waals surface area contributed by atoms with E-state index in [1.54, 1.807) is 13.0 Å². The molecule has 2 atom stereocenters. The highest BCUT2D eigenvalue weighted by Gasteiger charge is 2.28. The van der Waals surface area contributed by atoms with Crippen molar-refractivity contribution in [1.82, 2.24) is 0 Å². The zero-order valence-corrected chi connectivity index (χ0v) is 10.7. The fourth-order valence-electron chi connectivity index (χ4n) is 2.51. The number of esters is 1. The number of hydrogen-bond acceptors (Lipinski definition) is 3. The van der Waals surface area contributed by atoms with Gasteiger partial charge in [0.05, 0.1) is 18.7 Å². The van der Waals surface area contributed by atoms with E-state index in [1.165, 1.54) is 6.07 Å². The molecule has 0 aromatic heterocycles. The molecule has 98 valence electrons. The number of anilines is 1. The molecule has 18 heavy (non-hydrogen) atoms. The Hall–Kier alpha value is -1.58. The summed E-state index contributed by atoms with van der Waals surface area (Å²) in [6.07, 6.45) is 1.13. The number of carbonyl (C=O) groups excluding carboxylic acids is 1. The number of fused-ring (bicyclic) bond motifs is 1. The molecule has 2 rings (SSSR count). The predicted octanol–water partition coefficient (Wildman–Crippen LogP) is 3.07. The van der Waals surface area contributed by atoms with Crippen molar-refractivity contribution in [2.24, 2.45) is 0 Å². The van der Waals surface area contributed by atoms with Gasteiger partial charge in [-0.2, -0.15) is 0 Å². The summed E-state index contributed by atoms with van der Waals surface area (Å²) in [4.78, 5) is 11.6. The van der Waals surface area contributed by atoms with Gasteiger partial charge in [-0.3, -0.25) is 4.79 Å². The van der Waals surface area contributed by atoms with Gasteiger partial charge in [0, 0.05) is 6.04 Å². The molecule has 4 heteroatoms. The Morgan fingerprint density at radius 2 is 2.33 bits per heavy atom. The van der Waals surface area contributed by atoms with Gasteiger partial charge in [0.1, 0.15) is 5.82 Å². The average molecular weight is 251 g/mol. The lowest BCUT2D eigenvalue weighted by atomic mass is 9.85. The van der Waals surface area contributed by atoms with Gasteiger partial charge in [-0.15, -0.1) is 0 Å². The molecule has 0 aliphatic carbocycles. The van der Waals surface area contributed by atoms with Crippen molar-refractivity contribution in [2.75, 3.05) is 11.9 Å². The molecule has 1 aromatic rings. The Labute approximate surface area is 106 Å². The summed E-state index contributed by atoms with van der Waals surface area (Å²) in [6.45, 7) is 4.17. The summed E-state index contributed by atoms with van der Waals surface area (Å²) in [5, 5.41) is 3.14. The molecule has 1 N–H and O–H groups in total. The Kier molecular flexibility index (Phi) is 3.84. The number of hydrogen-bond donors (Lipinski definition) is 1. The summed E-state index contributed by atoms with van der Waals surface area (Å²) in [5.74, 6) is -0.439. The van der Waals surface area contributed by atoms with E-state index in [0.717, 1.165) is 12.0 Å². The van der Waals surface area contributed by atoms with Gasteiger partial charge in [-0.1, -0.05) is 12.1 Å². The predicted molar refractivity (Wildman–Crippen MR) is 68.1 cm³/mol. The molecule has 0 saturated carbocycles. The molecule has 3 nitrogen and oxygen atoms in total. The highest BCUT2D eigenvalue weighted by atomic mass is 19.1. The molecule has 0 saturated heterocycles. The van der Waals surface area contributed by atoms with Crippen LogP contribution in [-0.2, 0) is 9.53 Å². The van der Waals surface area contributed by atoms with E-state index in [9.17, 15) is 9.18 Å². The molecule has 0 spiro atoms. The zero-order valence-electron chi connectivity index (χ0n) is 10.7. The first-order valence-corrected chi connectivity index (χ1v) is 6.32. The second-order valence-corrected chi connectivity index (χ2v) is 4.69. The lowest BCUT2D eigenvalue weighted by Crippen LogP contribution is -2.27. The third-order valence-corrected chi connectivity index (χ3v) is 3.23. The van der Waals surface area contributed by atoms with E-state index in [-0.39, 0.29) is 23.7 Å². The lowest BCUT2D eigenvalue weighted by molar-refractivity contribution is -0.143. The highest BCUT2D eigenvalue weighted by Crippen LogP contribution is 2.37. The zero-order chi connectivity index (χ0) is 13.1. The fourth-order valence-corrected chi connectivity index (χ4v) is 2.51. The Morgan fingerprint density at radius 1 is 1.56 bits per heavy atom. The quantitative estimate of drug-likeness (QED) is 0.839.